The van der Waals surface area contributed by atoms with Crippen molar-refractivity contribution in [3.8, 4) is 5.75 Å². The van der Waals surface area contributed by atoms with Gasteiger partial charge in [-0.15, -0.1) is 0 Å². The van der Waals surface area contributed by atoms with Gasteiger partial charge >= 0.3 is 6.03 Å². The highest BCUT2D eigenvalue weighted by Crippen LogP contribution is 2.27. The Hall–Kier alpha value is -2.57. The highest BCUT2D eigenvalue weighted by molar-refractivity contribution is 6.05. The lowest BCUT2D eigenvalue weighted by atomic mass is 10.1. The van der Waals surface area contributed by atoms with Crippen LogP contribution in [0.3, 0.4) is 0 Å². The van der Waals surface area contributed by atoms with Crippen LogP contribution in [0.25, 0.3) is 0 Å². The van der Waals surface area contributed by atoms with Crippen LogP contribution in [0.1, 0.15) is 12.0 Å². The summed E-state index contributed by atoms with van der Waals surface area (Å²) in [6.07, 6.45) is 0.576. The SMILES string of the molecule is O=C(C[C@@H]1NC(=O)NC1=O)NC[C@H]1Cc2ccccc2O1. The summed E-state index contributed by atoms with van der Waals surface area (Å²) < 4.78 is 5.70. The van der Waals surface area contributed by atoms with Crippen LogP contribution in [0.4, 0.5) is 4.79 Å². The Morgan fingerprint density at radius 3 is 2.86 bits per heavy atom. The molecule has 1 aromatic carbocycles. The molecule has 2 aliphatic rings. The summed E-state index contributed by atoms with van der Waals surface area (Å²) in [5, 5.41) is 7.20. The Kier molecular flexibility index (Phi) is 3.47. The van der Waals surface area contributed by atoms with Crippen LogP contribution in [0, 0.1) is 0 Å². The minimum absolute atomic E-state index is 0.0722. The zero-order chi connectivity index (χ0) is 14.8. The number of amides is 4. The van der Waals surface area contributed by atoms with Crippen molar-refractivity contribution in [2.24, 2.45) is 0 Å². The van der Waals surface area contributed by atoms with Gasteiger partial charge in [0.25, 0.3) is 5.91 Å². The zero-order valence-corrected chi connectivity index (χ0v) is 11.2. The van der Waals surface area contributed by atoms with Gasteiger partial charge in [-0.25, -0.2) is 4.79 Å². The van der Waals surface area contributed by atoms with Crippen molar-refractivity contribution in [3.63, 3.8) is 0 Å². The quantitative estimate of drug-likeness (QED) is 0.663. The smallest absolute Gasteiger partial charge is 0.322 e. The lowest BCUT2D eigenvalue weighted by Crippen LogP contribution is -2.39. The average molecular weight is 289 g/mol. The molecule has 0 spiro atoms. The van der Waals surface area contributed by atoms with Crippen LogP contribution in [0.5, 0.6) is 5.75 Å². The average Bonchev–Trinajstić information content (AvgIpc) is 2.99. The molecule has 0 aromatic heterocycles. The maximum absolute atomic E-state index is 11.8. The molecule has 1 saturated heterocycles. The second-order valence-electron chi connectivity index (χ2n) is 5.08. The summed E-state index contributed by atoms with van der Waals surface area (Å²) in [6.45, 7) is 0.371. The number of nitrogens with one attached hydrogen (secondary N) is 3. The van der Waals surface area contributed by atoms with Crippen LogP contribution in [0.2, 0.25) is 0 Å². The van der Waals surface area contributed by atoms with Crippen molar-refractivity contribution in [2.45, 2.75) is 25.0 Å². The van der Waals surface area contributed by atoms with E-state index in [-0.39, 0.29) is 18.4 Å². The molecular formula is C14H15N3O4. The summed E-state index contributed by atoms with van der Waals surface area (Å²) >= 11 is 0. The van der Waals surface area contributed by atoms with Gasteiger partial charge in [-0.2, -0.15) is 0 Å². The standard InChI is InChI=1S/C14H15N3O4/c18-12(6-10-13(19)17-14(20)16-10)15-7-9-5-8-3-1-2-4-11(8)21-9/h1-4,9-10H,5-7H2,(H,15,18)(H2,16,17,19,20)/t9-,10+/m1/s1. The first-order valence-electron chi connectivity index (χ1n) is 6.74. The Balaban J connectivity index is 1.45. The number of benzene rings is 1. The lowest BCUT2D eigenvalue weighted by Gasteiger charge is -2.13. The van der Waals surface area contributed by atoms with E-state index in [1.54, 1.807) is 0 Å². The predicted molar refractivity (Wildman–Crippen MR) is 72.7 cm³/mol. The van der Waals surface area contributed by atoms with Gasteiger partial charge in [0.05, 0.1) is 13.0 Å². The molecule has 110 valence electrons. The number of ether oxygens (including phenoxy) is 1. The number of imide groups is 1. The molecule has 2 aliphatic heterocycles. The molecule has 0 bridgehead atoms. The van der Waals surface area contributed by atoms with E-state index in [2.05, 4.69) is 16.0 Å². The molecule has 2 atom stereocenters. The molecule has 4 amide bonds. The van der Waals surface area contributed by atoms with Gasteiger partial charge in [-0.05, 0) is 11.6 Å². The van der Waals surface area contributed by atoms with Crippen LogP contribution in [0.15, 0.2) is 24.3 Å². The molecule has 0 radical (unpaired) electrons. The molecular weight excluding hydrogens is 274 g/mol. The molecule has 7 heteroatoms. The Labute approximate surface area is 121 Å². The highest BCUT2D eigenvalue weighted by Gasteiger charge is 2.31. The molecule has 0 unspecified atom stereocenters. The molecule has 21 heavy (non-hydrogen) atoms. The van der Waals surface area contributed by atoms with E-state index in [0.717, 1.165) is 17.7 Å². The third-order valence-electron chi connectivity index (χ3n) is 3.49. The fourth-order valence-electron chi connectivity index (χ4n) is 2.46. The predicted octanol–water partition coefficient (Wildman–Crippen LogP) is -0.296. The van der Waals surface area contributed by atoms with Gasteiger partial charge in [0.2, 0.25) is 5.91 Å². The van der Waals surface area contributed by atoms with Crippen molar-refractivity contribution in [1.82, 2.24) is 16.0 Å². The molecule has 0 aliphatic carbocycles. The highest BCUT2D eigenvalue weighted by atomic mass is 16.5. The van der Waals surface area contributed by atoms with E-state index in [1.165, 1.54) is 0 Å². The number of urea groups is 1. The summed E-state index contributed by atoms with van der Waals surface area (Å²) in [5.41, 5.74) is 1.12. The third-order valence-corrected chi connectivity index (χ3v) is 3.49. The molecule has 1 fully saturated rings. The number of carbonyl (C=O) groups is 3. The maximum atomic E-state index is 11.8. The van der Waals surface area contributed by atoms with E-state index < -0.39 is 18.0 Å². The van der Waals surface area contributed by atoms with E-state index in [1.807, 2.05) is 24.3 Å². The van der Waals surface area contributed by atoms with Crippen molar-refractivity contribution in [1.29, 1.82) is 0 Å². The molecule has 2 heterocycles. The fourth-order valence-corrected chi connectivity index (χ4v) is 2.46. The van der Waals surface area contributed by atoms with Crippen LogP contribution in [-0.4, -0.2) is 36.5 Å². The molecule has 3 rings (SSSR count). The van der Waals surface area contributed by atoms with Gasteiger partial charge in [0, 0.05) is 6.42 Å². The minimum atomic E-state index is -0.792. The number of hydrogen-bond donors (Lipinski definition) is 3. The van der Waals surface area contributed by atoms with Gasteiger partial charge in [0.1, 0.15) is 17.9 Å². The molecule has 7 nitrogen and oxygen atoms in total. The van der Waals surface area contributed by atoms with Crippen LogP contribution in [-0.2, 0) is 16.0 Å². The first-order valence-corrected chi connectivity index (χ1v) is 6.74. The van der Waals surface area contributed by atoms with E-state index in [4.69, 9.17) is 4.74 Å². The van der Waals surface area contributed by atoms with Crippen molar-refractivity contribution >= 4 is 17.8 Å². The summed E-state index contributed by atoms with van der Waals surface area (Å²) in [4.78, 5) is 34.1. The molecule has 3 N–H and O–H groups in total. The number of hydrogen-bond acceptors (Lipinski definition) is 4. The number of fused-ring (bicyclic) bond motifs is 1. The second-order valence-corrected chi connectivity index (χ2v) is 5.08. The molecule has 0 saturated carbocycles. The van der Waals surface area contributed by atoms with Gasteiger partial charge in [-0.3, -0.25) is 14.9 Å². The fraction of sp³-hybridized carbons (Fsp3) is 0.357. The van der Waals surface area contributed by atoms with Crippen LogP contribution >= 0.6 is 0 Å². The third kappa shape index (κ3) is 2.96. The Bertz CT molecular complexity index is 577. The topological polar surface area (TPSA) is 96.5 Å². The van der Waals surface area contributed by atoms with E-state index in [9.17, 15) is 14.4 Å². The minimum Gasteiger partial charge on any atom is -0.488 e. The van der Waals surface area contributed by atoms with Gasteiger partial charge in [0.15, 0.2) is 0 Å². The first-order chi connectivity index (χ1) is 10.1. The monoisotopic (exact) mass is 289 g/mol. The normalized spacial score (nSPS) is 23.0. The second kappa shape index (κ2) is 5.43. The van der Waals surface area contributed by atoms with Crippen molar-refractivity contribution < 1.29 is 19.1 Å². The first kappa shape index (κ1) is 13.4. The van der Waals surface area contributed by atoms with Gasteiger partial charge < -0.3 is 15.4 Å². The number of para-hydroxylation sites is 1. The van der Waals surface area contributed by atoms with E-state index >= 15 is 0 Å². The van der Waals surface area contributed by atoms with Crippen molar-refractivity contribution in [3.05, 3.63) is 29.8 Å². The summed E-state index contributed by atoms with van der Waals surface area (Å²) in [5.74, 6) is 0.0794. The molecule has 1 aromatic rings. The Morgan fingerprint density at radius 2 is 2.14 bits per heavy atom. The van der Waals surface area contributed by atoms with Crippen LogP contribution < -0.4 is 20.7 Å². The summed E-state index contributed by atoms with van der Waals surface area (Å²) in [7, 11) is 0. The van der Waals surface area contributed by atoms with Crippen molar-refractivity contribution in [2.75, 3.05) is 6.54 Å². The van der Waals surface area contributed by atoms with E-state index in [0.29, 0.717) is 6.54 Å². The number of rotatable bonds is 4. The maximum Gasteiger partial charge on any atom is 0.322 e. The largest absolute Gasteiger partial charge is 0.488 e. The lowest BCUT2D eigenvalue weighted by molar-refractivity contribution is -0.126. The zero-order valence-electron chi connectivity index (χ0n) is 11.2. The summed E-state index contributed by atoms with van der Waals surface area (Å²) in [6, 6.07) is 6.39. The van der Waals surface area contributed by atoms with Gasteiger partial charge in [-0.1, -0.05) is 18.2 Å². The number of carbonyl (C=O) groups excluding carboxylic acids is 3. The Morgan fingerprint density at radius 1 is 1.33 bits per heavy atom.